The van der Waals surface area contributed by atoms with Gasteiger partial charge in [-0.3, -0.25) is 24.5 Å². The molecule has 0 radical (unpaired) electrons. The molecular formula is C27H33N3O5. The maximum absolute atomic E-state index is 13.0. The Morgan fingerprint density at radius 1 is 1.03 bits per heavy atom. The van der Waals surface area contributed by atoms with Crippen molar-refractivity contribution in [2.45, 2.75) is 82.8 Å². The summed E-state index contributed by atoms with van der Waals surface area (Å²) in [6.45, 7) is 1.49. The summed E-state index contributed by atoms with van der Waals surface area (Å²) < 4.78 is 6.12. The zero-order chi connectivity index (χ0) is 24.4. The summed E-state index contributed by atoms with van der Waals surface area (Å²) in [5.41, 5.74) is 2.65. The smallest absolute Gasteiger partial charge is 0.255 e. The van der Waals surface area contributed by atoms with E-state index < -0.39 is 11.9 Å². The Hall–Kier alpha value is -3.16. The van der Waals surface area contributed by atoms with Gasteiger partial charge in [-0.15, -0.1) is 0 Å². The van der Waals surface area contributed by atoms with Crippen LogP contribution in [0.5, 0.6) is 5.75 Å². The van der Waals surface area contributed by atoms with Gasteiger partial charge in [0, 0.05) is 31.1 Å². The predicted molar refractivity (Wildman–Crippen MR) is 129 cm³/mol. The highest BCUT2D eigenvalue weighted by Crippen LogP contribution is 2.31. The second kappa shape index (κ2) is 10.2. The van der Waals surface area contributed by atoms with Crippen LogP contribution in [0.15, 0.2) is 29.8 Å². The number of fused-ring (bicyclic) bond motifs is 1. The van der Waals surface area contributed by atoms with Gasteiger partial charge in [-0.1, -0.05) is 12.0 Å². The van der Waals surface area contributed by atoms with Crippen LogP contribution in [0.2, 0.25) is 0 Å². The highest BCUT2D eigenvalue weighted by Gasteiger charge is 2.39. The number of imide groups is 1. The number of likely N-dealkylation sites (tertiary alicyclic amines) is 1. The van der Waals surface area contributed by atoms with E-state index in [2.05, 4.69) is 5.32 Å². The van der Waals surface area contributed by atoms with Crippen molar-refractivity contribution >= 4 is 23.6 Å². The van der Waals surface area contributed by atoms with Gasteiger partial charge in [0.2, 0.25) is 17.7 Å². The lowest BCUT2D eigenvalue weighted by molar-refractivity contribution is -0.137. The van der Waals surface area contributed by atoms with Crippen molar-refractivity contribution in [1.29, 1.82) is 0 Å². The lowest BCUT2D eigenvalue weighted by Gasteiger charge is -2.35. The molecule has 8 heteroatoms. The molecule has 4 amide bonds. The van der Waals surface area contributed by atoms with E-state index in [9.17, 15) is 19.2 Å². The number of nitrogens with one attached hydrogen (secondary N) is 1. The van der Waals surface area contributed by atoms with Gasteiger partial charge in [-0.25, -0.2) is 0 Å². The predicted octanol–water partition coefficient (Wildman–Crippen LogP) is 3.10. The molecule has 0 spiro atoms. The molecular weight excluding hydrogens is 446 g/mol. The molecule has 3 heterocycles. The molecule has 2 saturated heterocycles. The number of piperidine rings is 2. The molecule has 1 aromatic carbocycles. The van der Waals surface area contributed by atoms with Crippen molar-refractivity contribution < 1.29 is 23.9 Å². The first-order valence-corrected chi connectivity index (χ1v) is 12.9. The molecule has 1 N–H and O–H groups in total. The summed E-state index contributed by atoms with van der Waals surface area (Å²) in [7, 11) is 0. The maximum Gasteiger partial charge on any atom is 0.255 e. The van der Waals surface area contributed by atoms with E-state index in [1.54, 1.807) is 12.1 Å². The number of carbonyl (C=O) groups is 4. The minimum atomic E-state index is -0.628. The number of ether oxygens (including phenoxy) is 1. The summed E-state index contributed by atoms with van der Waals surface area (Å²) in [5.74, 6) is -0.138. The Bertz CT molecular complexity index is 1060. The largest absolute Gasteiger partial charge is 0.491 e. The minimum Gasteiger partial charge on any atom is -0.491 e. The van der Waals surface area contributed by atoms with E-state index in [1.807, 2.05) is 17.0 Å². The van der Waals surface area contributed by atoms with Crippen molar-refractivity contribution in [2.24, 2.45) is 0 Å². The third kappa shape index (κ3) is 5.11. The average Bonchev–Trinajstić information content (AvgIpc) is 3.19. The average molecular weight is 480 g/mol. The molecule has 1 aromatic rings. The summed E-state index contributed by atoms with van der Waals surface area (Å²) in [5, 5.41) is 2.33. The van der Waals surface area contributed by atoms with E-state index in [1.165, 1.54) is 29.7 Å². The first-order chi connectivity index (χ1) is 17.0. The van der Waals surface area contributed by atoms with E-state index >= 15 is 0 Å². The molecule has 8 nitrogen and oxygen atoms in total. The Labute approximate surface area is 205 Å². The van der Waals surface area contributed by atoms with E-state index in [-0.39, 0.29) is 30.2 Å². The van der Waals surface area contributed by atoms with E-state index in [0.29, 0.717) is 30.9 Å². The summed E-state index contributed by atoms with van der Waals surface area (Å²) in [6.07, 6.45) is 11.1. The molecule has 0 bridgehead atoms. The molecule has 186 valence electrons. The van der Waals surface area contributed by atoms with Gasteiger partial charge in [0.05, 0.1) is 6.04 Å². The fourth-order valence-electron chi connectivity index (χ4n) is 5.70. The Morgan fingerprint density at radius 2 is 1.86 bits per heavy atom. The number of amides is 4. The highest BCUT2D eigenvalue weighted by molar-refractivity contribution is 6.05. The van der Waals surface area contributed by atoms with E-state index in [0.717, 1.165) is 44.2 Å². The first-order valence-electron chi connectivity index (χ1n) is 12.9. The SMILES string of the molecule is O=C1CCC(N2Cc3cc(OCC4CCCCN4C(=O)C=C4CCCCC4)ccc3C2=O)C(=O)N1. The summed E-state index contributed by atoms with van der Waals surface area (Å²) in [4.78, 5) is 53.1. The molecule has 0 aromatic heterocycles. The molecule has 35 heavy (non-hydrogen) atoms. The quantitative estimate of drug-likeness (QED) is 0.517. The molecule has 1 aliphatic carbocycles. The molecule has 1 saturated carbocycles. The standard InChI is InChI=1S/C27H33N3O5/c31-24-12-11-23(26(33)28-24)30-16-19-15-21(9-10-22(19)27(30)34)35-17-20-8-4-5-13-29(20)25(32)14-18-6-2-1-3-7-18/h9-10,14-15,20,23H,1-8,11-13,16-17H2,(H,28,31,33). The maximum atomic E-state index is 13.0. The fraction of sp³-hybridized carbons (Fsp3) is 0.556. The van der Waals surface area contributed by atoms with Crippen LogP contribution < -0.4 is 10.1 Å². The van der Waals surface area contributed by atoms with Gasteiger partial charge in [-0.05, 0) is 75.1 Å². The van der Waals surface area contributed by atoms with Crippen LogP contribution >= 0.6 is 0 Å². The van der Waals surface area contributed by atoms with Gasteiger partial charge in [-0.2, -0.15) is 0 Å². The zero-order valence-electron chi connectivity index (χ0n) is 20.1. The molecule has 2 unspecified atom stereocenters. The fourth-order valence-corrected chi connectivity index (χ4v) is 5.70. The van der Waals surface area contributed by atoms with Crippen LogP contribution in [-0.4, -0.2) is 58.7 Å². The van der Waals surface area contributed by atoms with Crippen molar-refractivity contribution in [3.8, 4) is 5.75 Å². The second-order valence-corrected chi connectivity index (χ2v) is 10.1. The third-order valence-corrected chi connectivity index (χ3v) is 7.67. The van der Waals surface area contributed by atoms with Crippen molar-refractivity contribution in [3.63, 3.8) is 0 Å². The minimum absolute atomic E-state index is 0.0338. The Morgan fingerprint density at radius 3 is 2.66 bits per heavy atom. The number of allylic oxidation sites excluding steroid dienone is 1. The van der Waals surface area contributed by atoms with Gasteiger partial charge < -0.3 is 14.5 Å². The number of hydrogen-bond donors (Lipinski definition) is 1. The number of carbonyl (C=O) groups excluding carboxylic acids is 4. The van der Waals surface area contributed by atoms with Crippen LogP contribution in [0.1, 0.15) is 80.1 Å². The molecule has 3 aliphatic heterocycles. The van der Waals surface area contributed by atoms with E-state index in [4.69, 9.17) is 4.74 Å². The normalized spacial score (nSPS) is 24.8. The van der Waals surface area contributed by atoms with Gasteiger partial charge in [0.1, 0.15) is 18.4 Å². The van der Waals surface area contributed by atoms with Gasteiger partial charge >= 0.3 is 0 Å². The lowest BCUT2D eigenvalue weighted by atomic mass is 9.94. The molecule has 3 fully saturated rings. The molecule has 2 atom stereocenters. The van der Waals surface area contributed by atoms with Crippen LogP contribution in [0.4, 0.5) is 0 Å². The van der Waals surface area contributed by atoms with Crippen LogP contribution in [0.25, 0.3) is 0 Å². The number of benzene rings is 1. The monoisotopic (exact) mass is 479 g/mol. The number of rotatable bonds is 5. The topological polar surface area (TPSA) is 96.0 Å². The third-order valence-electron chi connectivity index (χ3n) is 7.67. The Balaban J connectivity index is 1.22. The van der Waals surface area contributed by atoms with Crippen LogP contribution in [-0.2, 0) is 20.9 Å². The van der Waals surface area contributed by atoms with Crippen molar-refractivity contribution in [2.75, 3.05) is 13.2 Å². The lowest BCUT2D eigenvalue weighted by Crippen LogP contribution is -2.52. The van der Waals surface area contributed by atoms with Crippen molar-refractivity contribution in [1.82, 2.24) is 15.1 Å². The van der Waals surface area contributed by atoms with Gasteiger partial charge in [0.15, 0.2) is 0 Å². The van der Waals surface area contributed by atoms with Crippen molar-refractivity contribution in [3.05, 3.63) is 41.0 Å². The molecule has 4 aliphatic rings. The van der Waals surface area contributed by atoms with Gasteiger partial charge in [0.25, 0.3) is 5.91 Å². The Kier molecular flexibility index (Phi) is 6.88. The summed E-state index contributed by atoms with van der Waals surface area (Å²) in [6, 6.07) is 4.79. The highest BCUT2D eigenvalue weighted by atomic mass is 16.5. The summed E-state index contributed by atoms with van der Waals surface area (Å²) >= 11 is 0. The molecule has 5 rings (SSSR count). The van der Waals surface area contributed by atoms with Crippen LogP contribution in [0.3, 0.4) is 0 Å². The number of hydrogen-bond acceptors (Lipinski definition) is 5. The van der Waals surface area contributed by atoms with Crippen LogP contribution in [0, 0.1) is 0 Å². The first kappa shape index (κ1) is 23.6. The zero-order valence-corrected chi connectivity index (χ0v) is 20.1. The number of nitrogens with zero attached hydrogens (tertiary/aromatic N) is 2. The second-order valence-electron chi connectivity index (χ2n) is 10.1.